The van der Waals surface area contributed by atoms with Crippen LogP contribution in [0.2, 0.25) is 0 Å². The number of anilines is 2. The molecule has 0 heterocycles. The molecule has 0 amide bonds. The molecule has 0 aliphatic carbocycles. The highest BCUT2D eigenvalue weighted by atomic mass is 15.1. The second-order valence-corrected chi connectivity index (χ2v) is 6.01. The molecular weight excluding hydrogens is 290 g/mol. The summed E-state index contributed by atoms with van der Waals surface area (Å²) in [5, 5.41) is 2.54. The molecule has 0 fully saturated rings. The summed E-state index contributed by atoms with van der Waals surface area (Å²) in [6.45, 7) is 0. The second-order valence-electron chi connectivity index (χ2n) is 6.01. The highest BCUT2D eigenvalue weighted by Gasteiger charge is 2.06. The van der Waals surface area contributed by atoms with Gasteiger partial charge in [0, 0.05) is 18.4 Å². The molecule has 24 heavy (non-hydrogen) atoms. The average Bonchev–Trinajstić information content (AvgIpc) is 2.68. The molecule has 0 spiro atoms. The lowest BCUT2D eigenvalue weighted by molar-refractivity contribution is 1.21. The van der Waals surface area contributed by atoms with E-state index < -0.39 is 0 Å². The Morgan fingerprint density at radius 3 is 2.00 bits per heavy atom. The Hall–Kier alpha value is -3.06. The molecule has 4 aromatic carbocycles. The van der Waals surface area contributed by atoms with Gasteiger partial charge in [-0.25, -0.2) is 0 Å². The second kappa shape index (κ2) is 6.21. The van der Waals surface area contributed by atoms with Crippen LogP contribution in [0.1, 0.15) is 0 Å². The topological polar surface area (TPSA) is 3.24 Å². The maximum Gasteiger partial charge on any atom is 0.0414 e. The molecule has 0 N–H and O–H groups in total. The van der Waals surface area contributed by atoms with Gasteiger partial charge in [-0.05, 0) is 46.2 Å². The van der Waals surface area contributed by atoms with Crippen LogP contribution >= 0.6 is 0 Å². The standard InChI is InChI=1S/C23H19N/c1-24(23-15-14-19-10-5-6-11-20(19)17-23)22-13-7-12-21(16-22)18-8-3-2-4-9-18/h2-17H,1H3. The number of hydrogen-bond donors (Lipinski definition) is 0. The van der Waals surface area contributed by atoms with E-state index in [4.69, 9.17) is 0 Å². The molecule has 4 aromatic rings. The Labute approximate surface area is 142 Å². The van der Waals surface area contributed by atoms with Gasteiger partial charge in [-0.1, -0.05) is 72.8 Å². The van der Waals surface area contributed by atoms with Gasteiger partial charge in [-0.2, -0.15) is 0 Å². The highest BCUT2D eigenvalue weighted by molar-refractivity contribution is 5.87. The minimum Gasteiger partial charge on any atom is -0.345 e. The minimum atomic E-state index is 1.19. The number of rotatable bonds is 3. The number of hydrogen-bond acceptors (Lipinski definition) is 1. The number of fused-ring (bicyclic) bond motifs is 1. The molecule has 0 aliphatic rings. The van der Waals surface area contributed by atoms with E-state index in [0.29, 0.717) is 0 Å². The lowest BCUT2D eigenvalue weighted by Gasteiger charge is -2.21. The van der Waals surface area contributed by atoms with E-state index in [-0.39, 0.29) is 0 Å². The quantitative estimate of drug-likeness (QED) is 0.431. The zero-order valence-electron chi connectivity index (χ0n) is 13.7. The Morgan fingerprint density at radius 2 is 1.17 bits per heavy atom. The molecule has 1 nitrogen and oxygen atoms in total. The summed E-state index contributed by atoms with van der Waals surface area (Å²) in [5.41, 5.74) is 4.86. The lowest BCUT2D eigenvalue weighted by Crippen LogP contribution is -2.09. The summed E-state index contributed by atoms with van der Waals surface area (Å²) >= 11 is 0. The molecule has 0 aliphatic heterocycles. The molecule has 0 aromatic heterocycles. The van der Waals surface area contributed by atoms with Gasteiger partial charge >= 0.3 is 0 Å². The third-order valence-corrected chi connectivity index (χ3v) is 4.46. The molecule has 0 unspecified atom stereocenters. The van der Waals surface area contributed by atoms with Crippen molar-refractivity contribution in [1.29, 1.82) is 0 Å². The Balaban J connectivity index is 1.72. The summed E-state index contributed by atoms with van der Waals surface area (Å²) in [5.74, 6) is 0. The van der Waals surface area contributed by atoms with Crippen LogP contribution in [0.15, 0.2) is 97.1 Å². The van der Waals surface area contributed by atoms with Gasteiger partial charge in [0.25, 0.3) is 0 Å². The lowest BCUT2D eigenvalue weighted by atomic mass is 10.0. The molecular formula is C23H19N. The largest absolute Gasteiger partial charge is 0.345 e. The molecule has 4 rings (SSSR count). The van der Waals surface area contributed by atoms with E-state index in [2.05, 4.69) is 109 Å². The summed E-state index contributed by atoms with van der Waals surface area (Å²) in [6.07, 6.45) is 0. The van der Waals surface area contributed by atoms with E-state index in [1.165, 1.54) is 33.3 Å². The van der Waals surface area contributed by atoms with Gasteiger partial charge in [0.05, 0.1) is 0 Å². The van der Waals surface area contributed by atoms with Crippen molar-refractivity contribution in [1.82, 2.24) is 0 Å². The Kier molecular flexibility index (Phi) is 3.76. The van der Waals surface area contributed by atoms with Crippen LogP contribution in [0.25, 0.3) is 21.9 Å². The fourth-order valence-corrected chi connectivity index (χ4v) is 3.06. The SMILES string of the molecule is CN(c1cccc(-c2ccccc2)c1)c1ccc2ccccc2c1. The van der Waals surface area contributed by atoms with Crippen molar-refractivity contribution in [3.63, 3.8) is 0 Å². The van der Waals surface area contributed by atoms with Crippen LogP contribution in [0.5, 0.6) is 0 Å². The zero-order chi connectivity index (χ0) is 16.4. The van der Waals surface area contributed by atoms with Crippen LogP contribution in [-0.2, 0) is 0 Å². The van der Waals surface area contributed by atoms with Gasteiger partial charge < -0.3 is 4.90 Å². The maximum absolute atomic E-state index is 2.24. The van der Waals surface area contributed by atoms with Crippen molar-refractivity contribution in [3.05, 3.63) is 97.1 Å². The maximum atomic E-state index is 2.24. The predicted molar refractivity (Wildman–Crippen MR) is 104 cm³/mol. The van der Waals surface area contributed by atoms with Crippen molar-refractivity contribution >= 4 is 22.1 Å². The highest BCUT2D eigenvalue weighted by Crippen LogP contribution is 2.30. The average molecular weight is 309 g/mol. The number of benzene rings is 4. The van der Waals surface area contributed by atoms with Crippen LogP contribution < -0.4 is 4.90 Å². The van der Waals surface area contributed by atoms with Gasteiger partial charge in [0.15, 0.2) is 0 Å². The van der Waals surface area contributed by atoms with Gasteiger partial charge in [0.1, 0.15) is 0 Å². The van der Waals surface area contributed by atoms with Crippen LogP contribution in [0.3, 0.4) is 0 Å². The number of nitrogens with zero attached hydrogens (tertiary/aromatic N) is 1. The van der Waals surface area contributed by atoms with E-state index in [1.807, 2.05) is 0 Å². The Bertz CT molecular complexity index is 973. The zero-order valence-corrected chi connectivity index (χ0v) is 13.7. The van der Waals surface area contributed by atoms with E-state index in [9.17, 15) is 0 Å². The van der Waals surface area contributed by atoms with Crippen molar-refractivity contribution < 1.29 is 0 Å². The first kappa shape index (κ1) is 14.5. The third-order valence-electron chi connectivity index (χ3n) is 4.46. The molecule has 0 atom stereocenters. The third kappa shape index (κ3) is 2.77. The molecule has 0 bridgehead atoms. The van der Waals surface area contributed by atoms with E-state index in [1.54, 1.807) is 0 Å². The van der Waals surface area contributed by atoms with Gasteiger partial charge in [0.2, 0.25) is 0 Å². The molecule has 1 heteroatoms. The summed E-state index contributed by atoms with van der Waals surface area (Å²) < 4.78 is 0. The summed E-state index contributed by atoms with van der Waals surface area (Å²) in [4.78, 5) is 2.24. The normalized spacial score (nSPS) is 10.7. The smallest absolute Gasteiger partial charge is 0.0414 e. The van der Waals surface area contributed by atoms with Crippen LogP contribution in [0, 0.1) is 0 Å². The van der Waals surface area contributed by atoms with Gasteiger partial charge in [-0.15, -0.1) is 0 Å². The Morgan fingerprint density at radius 1 is 0.500 bits per heavy atom. The first-order valence-corrected chi connectivity index (χ1v) is 8.19. The van der Waals surface area contributed by atoms with Gasteiger partial charge in [-0.3, -0.25) is 0 Å². The predicted octanol–water partition coefficient (Wildman–Crippen LogP) is 6.27. The molecule has 0 saturated heterocycles. The summed E-state index contributed by atoms with van der Waals surface area (Å²) in [7, 11) is 2.12. The minimum absolute atomic E-state index is 1.19. The van der Waals surface area contributed by atoms with E-state index in [0.717, 1.165) is 0 Å². The van der Waals surface area contributed by atoms with Crippen molar-refractivity contribution in [2.75, 3.05) is 11.9 Å². The van der Waals surface area contributed by atoms with Crippen molar-refractivity contribution in [2.45, 2.75) is 0 Å². The van der Waals surface area contributed by atoms with Crippen molar-refractivity contribution in [2.24, 2.45) is 0 Å². The van der Waals surface area contributed by atoms with Crippen LogP contribution in [-0.4, -0.2) is 7.05 Å². The molecule has 0 saturated carbocycles. The molecule has 0 radical (unpaired) electrons. The first-order valence-electron chi connectivity index (χ1n) is 8.19. The molecule has 116 valence electrons. The van der Waals surface area contributed by atoms with E-state index >= 15 is 0 Å². The fraction of sp³-hybridized carbons (Fsp3) is 0.0435. The fourth-order valence-electron chi connectivity index (χ4n) is 3.06. The monoisotopic (exact) mass is 309 g/mol. The first-order chi connectivity index (χ1) is 11.8. The van der Waals surface area contributed by atoms with Crippen molar-refractivity contribution in [3.8, 4) is 11.1 Å². The summed E-state index contributed by atoms with van der Waals surface area (Å²) in [6, 6.07) is 34.3. The van der Waals surface area contributed by atoms with Crippen LogP contribution in [0.4, 0.5) is 11.4 Å².